The molecule has 0 saturated carbocycles. The van der Waals surface area contributed by atoms with Crippen LogP contribution in [0.15, 0.2) is 63.2 Å². The maximum absolute atomic E-state index is 12.6. The third-order valence-corrected chi connectivity index (χ3v) is 11.2. The molecule has 2 aromatic carbocycles. The Labute approximate surface area is 317 Å². The van der Waals surface area contributed by atoms with Crippen molar-refractivity contribution < 1.29 is 49.9 Å². The molecule has 0 bridgehead atoms. The molecule has 0 amide bonds. The zero-order valence-electron chi connectivity index (χ0n) is 31.4. The summed E-state index contributed by atoms with van der Waals surface area (Å²) in [7, 11) is -9.00. The van der Waals surface area contributed by atoms with Gasteiger partial charge in [-0.3, -0.25) is 0 Å². The Morgan fingerprint density at radius 2 is 0.940 bits per heavy atom. The summed E-state index contributed by atoms with van der Waals surface area (Å²) in [5.41, 5.74) is 0.740. The summed E-state index contributed by atoms with van der Waals surface area (Å²) in [5.74, 6) is 0. The van der Waals surface area contributed by atoms with Crippen molar-refractivity contribution in [3.63, 3.8) is 0 Å². The van der Waals surface area contributed by atoms with Gasteiger partial charge in [0, 0.05) is 24.9 Å². The van der Waals surface area contributed by atoms with Gasteiger partial charge in [0.25, 0.3) is 0 Å². The Hall–Kier alpha value is -1.43. The SMILES string of the molecule is CC(C)Nc1ccc(S(=O)(=O)c2ccccc2S(=O)(=O)[O-])cc1.CCCCCCCCCCCCOCCCCCCCCCCCC.[O]=[Ti+]. The average Bonchev–Trinajstić information content (AvgIpc) is 3.10. The number of hydrogen-bond donors (Lipinski definition) is 1. The topological polar surface area (TPSA) is 130 Å². The van der Waals surface area contributed by atoms with E-state index in [0.717, 1.165) is 51.4 Å². The van der Waals surface area contributed by atoms with Crippen molar-refractivity contribution in [2.45, 2.75) is 177 Å². The van der Waals surface area contributed by atoms with E-state index in [1.807, 2.05) is 13.8 Å². The van der Waals surface area contributed by atoms with Crippen LogP contribution in [0.25, 0.3) is 0 Å². The van der Waals surface area contributed by atoms with Gasteiger partial charge in [0.05, 0.1) is 14.7 Å². The summed E-state index contributed by atoms with van der Waals surface area (Å²) >= 11 is 0.750. The van der Waals surface area contributed by atoms with E-state index in [1.165, 1.54) is 153 Å². The minimum absolute atomic E-state index is 0.0806. The molecular formula is C39H66NO7S2Ti. The summed E-state index contributed by atoms with van der Waals surface area (Å²) in [4.78, 5) is -1.34. The number of anilines is 1. The quantitative estimate of drug-likeness (QED) is 0.0540. The maximum atomic E-state index is 12.6. The van der Waals surface area contributed by atoms with Crippen LogP contribution in [-0.4, -0.2) is 40.6 Å². The minimum atomic E-state index is -4.89. The third kappa shape index (κ3) is 23.9. The Morgan fingerprint density at radius 3 is 1.30 bits per heavy atom. The Morgan fingerprint density at radius 1 is 0.580 bits per heavy atom. The summed E-state index contributed by atoms with van der Waals surface area (Å²) in [6.45, 7) is 10.5. The molecule has 0 unspecified atom stereocenters. The van der Waals surface area contributed by atoms with Crippen molar-refractivity contribution >= 4 is 25.6 Å². The first-order valence-corrected chi connectivity index (χ1v) is 22.5. The van der Waals surface area contributed by atoms with E-state index in [1.54, 1.807) is 12.1 Å². The van der Waals surface area contributed by atoms with Gasteiger partial charge in [0.1, 0.15) is 10.1 Å². The monoisotopic (exact) mass is 772 g/mol. The van der Waals surface area contributed by atoms with Crippen molar-refractivity contribution in [3.05, 3.63) is 48.5 Å². The zero-order chi connectivity index (χ0) is 37.5. The normalized spacial score (nSPS) is 11.4. The number of rotatable bonds is 27. The van der Waals surface area contributed by atoms with Gasteiger partial charge >= 0.3 is 23.7 Å². The molecule has 8 nitrogen and oxygen atoms in total. The molecule has 2 rings (SSSR count). The number of hydrogen-bond acceptors (Lipinski definition) is 8. The molecule has 0 fully saturated rings. The van der Waals surface area contributed by atoms with Gasteiger partial charge in [-0.2, -0.15) is 0 Å². The molecule has 0 aliphatic heterocycles. The van der Waals surface area contributed by atoms with E-state index in [0.29, 0.717) is 0 Å². The predicted molar refractivity (Wildman–Crippen MR) is 200 cm³/mol. The number of ether oxygens (including phenoxy) is 1. The van der Waals surface area contributed by atoms with Gasteiger partial charge in [0.2, 0.25) is 9.84 Å². The molecule has 0 aliphatic carbocycles. The van der Waals surface area contributed by atoms with E-state index >= 15 is 0 Å². The van der Waals surface area contributed by atoms with Crippen LogP contribution in [-0.2, 0) is 48.4 Å². The Kier molecular flexibility index (Phi) is 30.2. The fourth-order valence-electron chi connectivity index (χ4n) is 5.55. The molecular weight excluding hydrogens is 706 g/mol. The van der Waals surface area contributed by atoms with E-state index in [2.05, 4.69) is 19.2 Å². The van der Waals surface area contributed by atoms with Crippen LogP contribution in [0.5, 0.6) is 0 Å². The molecule has 285 valence electrons. The first-order chi connectivity index (χ1) is 24.0. The van der Waals surface area contributed by atoms with Crippen LogP contribution in [0.3, 0.4) is 0 Å². The summed E-state index contributed by atoms with van der Waals surface area (Å²) in [6.07, 6.45) is 28.2. The number of sulfone groups is 1. The Balaban J connectivity index is 0.000000916. The molecule has 0 radical (unpaired) electrons. The van der Waals surface area contributed by atoms with Crippen LogP contribution in [0, 0.1) is 0 Å². The third-order valence-electron chi connectivity index (χ3n) is 8.31. The standard InChI is InChI=1S/C24H50O.C15H17NO5S2.O.Ti/c1-3-5-7-9-11-13-15-17-19-21-23-25-24-22-20-18-16-14-12-10-8-6-4-2;1-11(2)16-12-7-9-13(10-8-12)22(17,18)14-5-3-4-6-15(14)23(19,20)21;;/h3-24H2,1-2H3;3-11,16H,1-2H3,(H,19,20,21);;/q;;;+1/p-1. The van der Waals surface area contributed by atoms with Crippen molar-refractivity contribution in [3.8, 4) is 0 Å². The van der Waals surface area contributed by atoms with Crippen LogP contribution in [0.1, 0.15) is 156 Å². The van der Waals surface area contributed by atoms with Crippen LogP contribution >= 0.6 is 0 Å². The molecule has 0 heterocycles. The van der Waals surface area contributed by atoms with Gasteiger partial charge < -0.3 is 14.6 Å². The van der Waals surface area contributed by atoms with E-state index in [9.17, 15) is 21.4 Å². The summed E-state index contributed by atoms with van der Waals surface area (Å²) in [5, 5.41) is 3.12. The van der Waals surface area contributed by atoms with Crippen molar-refractivity contribution in [2.75, 3.05) is 18.5 Å². The summed E-state index contributed by atoms with van der Waals surface area (Å²) in [6, 6.07) is 10.9. The first kappa shape index (κ1) is 48.6. The van der Waals surface area contributed by atoms with Crippen LogP contribution in [0.4, 0.5) is 5.69 Å². The first-order valence-electron chi connectivity index (χ1n) is 19.0. The van der Waals surface area contributed by atoms with Gasteiger partial charge in [0.15, 0.2) is 0 Å². The number of benzene rings is 2. The van der Waals surface area contributed by atoms with Crippen molar-refractivity contribution in [2.24, 2.45) is 0 Å². The molecule has 50 heavy (non-hydrogen) atoms. The van der Waals surface area contributed by atoms with Gasteiger partial charge in [-0.1, -0.05) is 142 Å². The molecule has 1 N–H and O–H groups in total. The molecule has 0 aliphatic rings. The Bertz CT molecular complexity index is 1280. The fraction of sp³-hybridized carbons (Fsp3) is 0.692. The molecule has 0 saturated heterocycles. The van der Waals surface area contributed by atoms with Gasteiger partial charge in [-0.15, -0.1) is 0 Å². The second-order valence-electron chi connectivity index (χ2n) is 13.2. The van der Waals surface area contributed by atoms with Gasteiger partial charge in [-0.25, -0.2) is 16.8 Å². The molecule has 0 spiro atoms. The van der Waals surface area contributed by atoms with Crippen molar-refractivity contribution in [1.82, 2.24) is 0 Å². The average molecular weight is 773 g/mol. The number of nitrogens with one attached hydrogen (secondary N) is 1. The van der Waals surface area contributed by atoms with Crippen LogP contribution in [0.2, 0.25) is 0 Å². The zero-order valence-corrected chi connectivity index (χ0v) is 34.6. The molecule has 11 heteroatoms. The molecule has 0 atom stereocenters. The van der Waals surface area contributed by atoms with E-state index < -0.39 is 29.7 Å². The van der Waals surface area contributed by atoms with Gasteiger partial charge in [-0.05, 0) is 63.1 Å². The second-order valence-corrected chi connectivity index (χ2v) is 16.5. The molecule has 2 aromatic rings. The molecule has 0 aromatic heterocycles. The van der Waals surface area contributed by atoms with Crippen molar-refractivity contribution in [1.29, 1.82) is 0 Å². The van der Waals surface area contributed by atoms with E-state index in [-0.39, 0.29) is 10.9 Å². The number of unbranched alkanes of at least 4 members (excludes halogenated alkanes) is 18. The fourth-order valence-corrected chi connectivity index (χ4v) is 8.09. The van der Waals surface area contributed by atoms with Crippen LogP contribution < -0.4 is 5.32 Å². The predicted octanol–water partition coefficient (Wildman–Crippen LogP) is 11.0. The second kappa shape index (κ2) is 31.1. The summed E-state index contributed by atoms with van der Waals surface area (Å²) < 4.78 is 73.1. The van der Waals surface area contributed by atoms with E-state index in [4.69, 9.17) is 8.06 Å².